The molecule has 0 saturated carbocycles. The number of hydrogen-bond acceptors (Lipinski definition) is 3. The third kappa shape index (κ3) is 4.01. The average Bonchev–Trinajstić information content (AvgIpc) is 3.41. The number of piperidine rings is 1. The van der Waals surface area contributed by atoms with E-state index in [9.17, 15) is 9.59 Å². The normalized spacial score (nSPS) is 14.8. The minimum Gasteiger partial charge on any atom is -0.459 e. The zero-order chi connectivity index (χ0) is 19.3. The minimum absolute atomic E-state index is 0.0632. The van der Waals surface area contributed by atoms with E-state index in [1.165, 1.54) is 6.26 Å². The summed E-state index contributed by atoms with van der Waals surface area (Å²) in [5, 5.41) is 3.12. The minimum atomic E-state index is -0.0912. The molecule has 1 N–H and O–H groups in total. The van der Waals surface area contributed by atoms with Crippen LogP contribution in [-0.2, 0) is 6.54 Å². The lowest BCUT2D eigenvalue weighted by atomic mass is 10.0. The predicted molar refractivity (Wildman–Crippen MR) is 105 cm³/mol. The first kappa shape index (κ1) is 18.1. The fourth-order valence-corrected chi connectivity index (χ4v) is 3.58. The van der Waals surface area contributed by atoms with Crippen molar-refractivity contribution in [1.82, 2.24) is 14.8 Å². The van der Waals surface area contributed by atoms with Crippen LogP contribution in [0, 0.1) is 0 Å². The summed E-state index contributed by atoms with van der Waals surface area (Å²) in [6.07, 6.45) is 4.90. The summed E-state index contributed by atoms with van der Waals surface area (Å²) in [6, 6.07) is 17.3. The molecule has 1 aromatic carbocycles. The van der Waals surface area contributed by atoms with Crippen LogP contribution in [0.15, 0.2) is 71.5 Å². The number of carbonyl (C=O) groups excluding carboxylic acids is 2. The van der Waals surface area contributed by atoms with Gasteiger partial charge in [-0.3, -0.25) is 9.59 Å². The second kappa shape index (κ2) is 8.17. The van der Waals surface area contributed by atoms with Crippen LogP contribution in [0.1, 0.15) is 39.4 Å². The highest BCUT2D eigenvalue weighted by Crippen LogP contribution is 2.15. The van der Waals surface area contributed by atoms with Crippen molar-refractivity contribution in [2.45, 2.75) is 25.4 Å². The zero-order valence-electron chi connectivity index (χ0n) is 15.6. The predicted octanol–water partition coefficient (Wildman–Crippen LogP) is 3.16. The van der Waals surface area contributed by atoms with Gasteiger partial charge >= 0.3 is 0 Å². The van der Waals surface area contributed by atoms with Gasteiger partial charge in [-0.15, -0.1) is 0 Å². The average molecular weight is 377 g/mol. The summed E-state index contributed by atoms with van der Waals surface area (Å²) in [5.74, 6) is 0.199. The Morgan fingerprint density at radius 2 is 1.79 bits per heavy atom. The molecule has 1 aliphatic rings. The van der Waals surface area contributed by atoms with Gasteiger partial charge in [0.25, 0.3) is 11.8 Å². The van der Waals surface area contributed by atoms with Gasteiger partial charge in [-0.2, -0.15) is 0 Å². The highest BCUT2D eigenvalue weighted by atomic mass is 16.3. The Labute approximate surface area is 163 Å². The first-order chi connectivity index (χ1) is 13.7. The van der Waals surface area contributed by atoms with Crippen LogP contribution in [-0.4, -0.2) is 40.4 Å². The Morgan fingerprint density at radius 3 is 2.50 bits per heavy atom. The van der Waals surface area contributed by atoms with Gasteiger partial charge in [0.05, 0.1) is 6.26 Å². The molecule has 2 amide bonds. The first-order valence-corrected chi connectivity index (χ1v) is 9.53. The van der Waals surface area contributed by atoms with E-state index in [2.05, 4.69) is 5.32 Å². The number of hydrogen-bond donors (Lipinski definition) is 1. The molecule has 6 nitrogen and oxygen atoms in total. The number of likely N-dealkylation sites (tertiary alicyclic amines) is 1. The highest BCUT2D eigenvalue weighted by molar-refractivity contribution is 5.93. The molecule has 3 heterocycles. The standard InChI is InChI=1S/C22H23N3O3/c26-21(19-8-4-12-25(19)16-17-6-2-1-3-7-17)23-18-10-13-24(14-11-18)22(27)20-9-5-15-28-20/h1-9,12,15,18H,10-11,13-14,16H2,(H,23,26). The number of nitrogens with zero attached hydrogens (tertiary/aromatic N) is 2. The fraction of sp³-hybridized carbons (Fsp3) is 0.273. The molecule has 144 valence electrons. The largest absolute Gasteiger partial charge is 0.459 e. The van der Waals surface area contributed by atoms with E-state index in [1.807, 2.05) is 53.2 Å². The van der Waals surface area contributed by atoms with Crippen molar-refractivity contribution >= 4 is 11.8 Å². The first-order valence-electron chi connectivity index (χ1n) is 9.53. The lowest BCUT2D eigenvalue weighted by molar-refractivity contribution is 0.0667. The summed E-state index contributed by atoms with van der Waals surface area (Å²) >= 11 is 0. The van der Waals surface area contributed by atoms with Crippen LogP contribution in [0.2, 0.25) is 0 Å². The molecule has 0 unspecified atom stereocenters. The number of nitrogens with one attached hydrogen (secondary N) is 1. The zero-order valence-corrected chi connectivity index (χ0v) is 15.6. The van der Waals surface area contributed by atoms with E-state index < -0.39 is 0 Å². The SMILES string of the molecule is O=C(NC1CCN(C(=O)c2ccco2)CC1)c1cccn1Cc1ccccc1. The molecular weight excluding hydrogens is 354 g/mol. The molecule has 0 atom stereocenters. The maximum absolute atomic E-state index is 12.8. The third-order valence-electron chi connectivity index (χ3n) is 5.11. The second-order valence-corrected chi connectivity index (χ2v) is 7.02. The third-order valence-corrected chi connectivity index (χ3v) is 5.11. The van der Waals surface area contributed by atoms with E-state index in [0.29, 0.717) is 31.1 Å². The van der Waals surface area contributed by atoms with Crippen molar-refractivity contribution in [2.75, 3.05) is 13.1 Å². The Bertz CT molecular complexity index is 923. The summed E-state index contributed by atoms with van der Waals surface area (Å²) in [5.41, 5.74) is 1.80. The Balaban J connectivity index is 1.33. The maximum atomic E-state index is 12.8. The summed E-state index contributed by atoms with van der Waals surface area (Å²) < 4.78 is 7.15. The van der Waals surface area contributed by atoms with Gasteiger partial charge in [0, 0.05) is 31.9 Å². The Kier molecular flexibility index (Phi) is 5.28. The molecule has 2 aromatic heterocycles. The van der Waals surface area contributed by atoms with Gasteiger partial charge in [0.1, 0.15) is 5.69 Å². The Hall–Kier alpha value is -3.28. The van der Waals surface area contributed by atoms with E-state index in [1.54, 1.807) is 17.0 Å². The van der Waals surface area contributed by atoms with E-state index >= 15 is 0 Å². The van der Waals surface area contributed by atoms with Crippen molar-refractivity contribution in [3.8, 4) is 0 Å². The maximum Gasteiger partial charge on any atom is 0.289 e. The number of furan rings is 1. The molecule has 4 rings (SSSR count). The van der Waals surface area contributed by atoms with Gasteiger partial charge in [-0.05, 0) is 42.7 Å². The Morgan fingerprint density at radius 1 is 1.00 bits per heavy atom. The van der Waals surface area contributed by atoms with E-state index in [-0.39, 0.29) is 17.9 Å². The van der Waals surface area contributed by atoms with Crippen LogP contribution in [0.5, 0.6) is 0 Å². The van der Waals surface area contributed by atoms with Crippen LogP contribution in [0.3, 0.4) is 0 Å². The molecule has 0 radical (unpaired) electrons. The molecule has 0 aliphatic carbocycles. The van der Waals surface area contributed by atoms with Crippen molar-refractivity contribution in [1.29, 1.82) is 0 Å². The molecule has 1 saturated heterocycles. The van der Waals surface area contributed by atoms with Crippen molar-refractivity contribution in [3.05, 3.63) is 84.1 Å². The molecule has 0 bridgehead atoms. The van der Waals surface area contributed by atoms with E-state index in [4.69, 9.17) is 4.42 Å². The summed E-state index contributed by atoms with van der Waals surface area (Å²) in [4.78, 5) is 26.9. The van der Waals surface area contributed by atoms with Gasteiger partial charge in [0.2, 0.25) is 0 Å². The fourth-order valence-electron chi connectivity index (χ4n) is 3.58. The van der Waals surface area contributed by atoms with Crippen molar-refractivity contribution < 1.29 is 14.0 Å². The van der Waals surface area contributed by atoms with Gasteiger partial charge in [-0.25, -0.2) is 0 Å². The van der Waals surface area contributed by atoms with Crippen molar-refractivity contribution in [3.63, 3.8) is 0 Å². The van der Waals surface area contributed by atoms with Crippen LogP contribution >= 0.6 is 0 Å². The van der Waals surface area contributed by atoms with Crippen molar-refractivity contribution in [2.24, 2.45) is 0 Å². The molecule has 0 spiro atoms. The van der Waals surface area contributed by atoms with Gasteiger partial charge in [-0.1, -0.05) is 30.3 Å². The lowest BCUT2D eigenvalue weighted by Crippen LogP contribution is -2.46. The molecule has 28 heavy (non-hydrogen) atoms. The lowest BCUT2D eigenvalue weighted by Gasteiger charge is -2.32. The molecule has 6 heteroatoms. The molecule has 1 fully saturated rings. The van der Waals surface area contributed by atoms with Gasteiger partial charge in [0.15, 0.2) is 5.76 Å². The summed E-state index contributed by atoms with van der Waals surface area (Å²) in [7, 11) is 0. The highest BCUT2D eigenvalue weighted by Gasteiger charge is 2.26. The number of carbonyl (C=O) groups is 2. The monoisotopic (exact) mass is 377 g/mol. The molecule has 1 aliphatic heterocycles. The number of benzene rings is 1. The number of amides is 2. The smallest absolute Gasteiger partial charge is 0.289 e. The number of aromatic nitrogens is 1. The molecular formula is C22H23N3O3. The molecule has 3 aromatic rings. The topological polar surface area (TPSA) is 67.5 Å². The quantitative estimate of drug-likeness (QED) is 0.743. The summed E-state index contributed by atoms with van der Waals surface area (Å²) in [6.45, 7) is 1.87. The van der Waals surface area contributed by atoms with E-state index in [0.717, 1.165) is 18.4 Å². The van der Waals surface area contributed by atoms with Gasteiger partial charge < -0.3 is 19.2 Å². The van der Waals surface area contributed by atoms with Crippen LogP contribution in [0.4, 0.5) is 0 Å². The van der Waals surface area contributed by atoms with Crippen LogP contribution < -0.4 is 5.32 Å². The number of rotatable bonds is 5. The second-order valence-electron chi connectivity index (χ2n) is 7.02. The van der Waals surface area contributed by atoms with Crippen LogP contribution in [0.25, 0.3) is 0 Å².